The van der Waals surface area contributed by atoms with Crippen molar-refractivity contribution in [3.05, 3.63) is 77.2 Å². The fourth-order valence-electron chi connectivity index (χ4n) is 2.89. The molecule has 12 heteroatoms. The predicted octanol–water partition coefficient (Wildman–Crippen LogP) is 4.01. The summed E-state index contributed by atoms with van der Waals surface area (Å²) in [5.41, 5.74) is 2.15. The summed E-state index contributed by atoms with van der Waals surface area (Å²) in [6.07, 6.45) is 1.26. The number of carbonyl (C=O) groups is 1. The molecule has 2 rings (SSSR count). The van der Waals surface area contributed by atoms with Crippen LogP contribution in [-0.4, -0.2) is 23.8 Å². The van der Waals surface area contributed by atoms with E-state index in [1.807, 2.05) is 19.1 Å². The van der Waals surface area contributed by atoms with Gasteiger partial charge in [0.05, 0.1) is 6.61 Å². The number of rotatable bonds is 14. The molecule has 174 valence electrons. The van der Waals surface area contributed by atoms with E-state index >= 15 is 0 Å². The molecule has 2 aromatic carbocycles. The maximum Gasteiger partial charge on any atom is 0.300 e. The van der Waals surface area contributed by atoms with E-state index in [-0.39, 0.29) is 18.5 Å². The van der Waals surface area contributed by atoms with E-state index in [1.54, 1.807) is 44.2 Å². The lowest BCUT2D eigenvalue weighted by molar-refractivity contribution is -0.786. The van der Waals surface area contributed by atoms with Crippen LogP contribution in [0.25, 0.3) is 0 Å². The summed E-state index contributed by atoms with van der Waals surface area (Å²) in [7, 11) is -3.97. The third-order valence-corrected chi connectivity index (χ3v) is 6.29. The highest BCUT2D eigenvalue weighted by Crippen LogP contribution is 2.50. The van der Waals surface area contributed by atoms with Crippen LogP contribution in [0.3, 0.4) is 0 Å². The summed E-state index contributed by atoms with van der Waals surface area (Å²) in [5, 5.41) is 28.2. The molecule has 1 unspecified atom stereocenters. The second kappa shape index (κ2) is 13.1. The number of carbonyl (C=O) groups excluding carboxylic acids is 1. The SMILES string of the molecule is Cc1cc(C)c(C(=O)P(=O)(OCCOOOOOOO/C=C\O)c2ccccc2)c(C)c1. The molecule has 0 radical (unpaired) electrons. The van der Waals surface area contributed by atoms with E-state index in [0.29, 0.717) is 23.0 Å². The van der Waals surface area contributed by atoms with E-state index in [1.165, 1.54) is 0 Å². The molecule has 0 aliphatic rings. The van der Waals surface area contributed by atoms with Gasteiger partial charge in [-0.2, -0.15) is 0 Å². The molecule has 0 spiro atoms. The Hall–Kier alpha value is -2.60. The molecule has 1 atom stereocenters. The van der Waals surface area contributed by atoms with Gasteiger partial charge < -0.3 is 14.5 Å². The normalized spacial score (nSPS) is 13.2. The Kier molecular flexibility index (Phi) is 10.5. The summed E-state index contributed by atoms with van der Waals surface area (Å²) in [5.74, 6) is 0. The molecule has 0 aliphatic carbocycles. The molecular weight excluding hydrogens is 447 g/mol. The third kappa shape index (κ3) is 7.23. The average Bonchev–Trinajstić information content (AvgIpc) is 2.77. The lowest BCUT2D eigenvalue weighted by atomic mass is 10.0. The standard InChI is InChI=1S/C20H23O11P/c1-15-13-16(2)19(17(3)14-15)20(22)32(23,18-7-5-4-6-8-18)26-12-11-25-28-30-31-29-27-24-10-9-21/h4-10,13-14,21H,11-12H2,1-3H3/b10-9-. The summed E-state index contributed by atoms with van der Waals surface area (Å²) in [4.78, 5) is 22.0. The zero-order valence-corrected chi connectivity index (χ0v) is 18.5. The van der Waals surface area contributed by atoms with Crippen LogP contribution in [0.1, 0.15) is 27.0 Å². The molecule has 0 saturated heterocycles. The first-order valence-electron chi connectivity index (χ1n) is 9.24. The van der Waals surface area contributed by atoms with E-state index in [4.69, 9.17) is 9.63 Å². The summed E-state index contributed by atoms with van der Waals surface area (Å²) >= 11 is 0. The van der Waals surface area contributed by atoms with E-state index in [0.717, 1.165) is 11.8 Å². The lowest BCUT2D eigenvalue weighted by Crippen LogP contribution is -2.19. The maximum absolute atomic E-state index is 13.8. The van der Waals surface area contributed by atoms with Gasteiger partial charge in [-0.3, -0.25) is 9.36 Å². The molecule has 0 aliphatic heterocycles. The third-order valence-electron chi connectivity index (χ3n) is 4.01. The first-order valence-corrected chi connectivity index (χ1v) is 10.9. The molecular formula is C20H23O11P. The van der Waals surface area contributed by atoms with E-state index in [2.05, 4.69) is 35.0 Å². The molecule has 1 N–H and O–H groups in total. The molecule has 0 saturated carbocycles. The number of aliphatic hydroxyl groups excluding tert-OH is 1. The zero-order valence-electron chi connectivity index (χ0n) is 17.6. The molecule has 11 nitrogen and oxygen atoms in total. The smallest absolute Gasteiger partial charge is 0.300 e. The highest BCUT2D eigenvalue weighted by molar-refractivity contribution is 7.83. The highest BCUT2D eigenvalue weighted by atomic mass is 31.2. The average molecular weight is 470 g/mol. The Morgan fingerprint density at radius 3 is 2.22 bits per heavy atom. The topological polar surface area (TPSA) is 128 Å². The molecule has 32 heavy (non-hydrogen) atoms. The fourth-order valence-corrected chi connectivity index (χ4v) is 4.93. The van der Waals surface area contributed by atoms with Gasteiger partial charge in [0.25, 0.3) is 5.52 Å². The van der Waals surface area contributed by atoms with Crippen LogP contribution in [0.2, 0.25) is 0 Å². The quantitative estimate of drug-likeness (QED) is 0.141. The minimum atomic E-state index is -3.97. The van der Waals surface area contributed by atoms with Crippen molar-refractivity contribution in [2.45, 2.75) is 20.8 Å². The van der Waals surface area contributed by atoms with Crippen molar-refractivity contribution in [1.82, 2.24) is 0 Å². The molecule has 0 bridgehead atoms. The van der Waals surface area contributed by atoms with Crippen molar-refractivity contribution in [2.24, 2.45) is 0 Å². The number of hydrogen-bond acceptors (Lipinski definition) is 11. The van der Waals surface area contributed by atoms with E-state index in [9.17, 15) is 9.36 Å². The molecule has 0 fully saturated rings. The van der Waals surface area contributed by atoms with Crippen molar-refractivity contribution in [2.75, 3.05) is 13.2 Å². The van der Waals surface area contributed by atoms with Crippen molar-refractivity contribution in [3.63, 3.8) is 0 Å². The van der Waals surface area contributed by atoms with Gasteiger partial charge in [0, 0.05) is 26.0 Å². The summed E-state index contributed by atoms with van der Waals surface area (Å²) < 4.78 is 19.3. The Labute approximate surface area is 184 Å². The minimum Gasteiger partial charge on any atom is -0.512 e. The van der Waals surface area contributed by atoms with Crippen molar-refractivity contribution >= 4 is 18.2 Å². The second-order valence-electron chi connectivity index (χ2n) is 6.34. The highest BCUT2D eigenvalue weighted by Gasteiger charge is 2.37. The van der Waals surface area contributed by atoms with Crippen molar-refractivity contribution in [3.8, 4) is 0 Å². The van der Waals surface area contributed by atoms with Gasteiger partial charge in [-0.05, 0) is 54.1 Å². The molecule has 0 aromatic heterocycles. The zero-order chi connectivity index (χ0) is 23.4. The van der Waals surface area contributed by atoms with Gasteiger partial charge in [-0.15, -0.1) is 0 Å². The first kappa shape index (κ1) is 25.7. The second-order valence-corrected chi connectivity index (χ2v) is 8.63. The van der Waals surface area contributed by atoms with Crippen LogP contribution < -0.4 is 5.30 Å². The number of benzene rings is 2. The Morgan fingerprint density at radius 1 is 0.938 bits per heavy atom. The van der Waals surface area contributed by atoms with Crippen LogP contribution in [0.15, 0.2) is 55.0 Å². The van der Waals surface area contributed by atoms with Crippen LogP contribution in [0, 0.1) is 20.8 Å². The van der Waals surface area contributed by atoms with Crippen molar-refractivity contribution < 1.29 is 54.0 Å². The Balaban J connectivity index is 1.97. The lowest BCUT2D eigenvalue weighted by Gasteiger charge is -2.20. The Bertz CT molecular complexity index is 923. The monoisotopic (exact) mass is 470 g/mol. The predicted molar refractivity (Wildman–Crippen MR) is 109 cm³/mol. The van der Waals surface area contributed by atoms with Crippen LogP contribution in [0.5, 0.6) is 0 Å². The number of aliphatic hydroxyl groups is 1. The first-order chi connectivity index (χ1) is 15.4. The van der Waals surface area contributed by atoms with Crippen LogP contribution in [-0.2, 0) is 44.1 Å². The van der Waals surface area contributed by atoms with Gasteiger partial charge in [-0.1, -0.05) is 35.9 Å². The van der Waals surface area contributed by atoms with Crippen molar-refractivity contribution in [1.29, 1.82) is 0 Å². The summed E-state index contributed by atoms with van der Waals surface area (Å²) in [6.45, 7) is 4.94. The molecule has 0 amide bonds. The van der Waals surface area contributed by atoms with Gasteiger partial charge in [-0.25, -0.2) is 4.89 Å². The van der Waals surface area contributed by atoms with Gasteiger partial charge in [0.2, 0.25) is 0 Å². The molecule has 0 heterocycles. The Morgan fingerprint density at radius 2 is 1.56 bits per heavy atom. The van der Waals surface area contributed by atoms with Crippen LogP contribution >= 0.6 is 7.37 Å². The summed E-state index contributed by atoms with van der Waals surface area (Å²) in [6, 6.07) is 11.9. The number of aryl methyl sites for hydroxylation is 3. The largest absolute Gasteiger partial charge is 0.512 e. The van der Waals surface area contributed by atoms with Gasteiger partial charge >= 0.3 is 7.37 Å². The van der Waals surface area contributed by atoms with E-state index < -0.39 is 12.9 Å². The fraction of sp³-hybridized carbons (Fsp3) is 0.250. The number of hydrogen-bond donors (Lipinski definition) is 1. The van der Waals surface area contributed by atoms with Gasteiger partial charge in [0.15, 0.2) is 6.26 Å². The molecule has 2 aromatic rings. The minimum absolute atomic E-state index is 0.257. The van der Waals surface area contributed by atoms with Crippen LogP contribution in [0.4, 0.5) is 0 Å². The maximum atomic E-state index is 13.8. The van der Waals surface area contributed by atoms with Gasteiger partial charge in [0.1, 0.15) is 12.9 Å².